The summed E-state index contributed by atoms with van der Waals surface area (Å²) in [7, 11) is 0. The minimum absolute atomic E-state index is 0.0474. The molecule has 0 aliphatic carbocycles. The predicted molar refractivity (Wildman–Crippen MR) is 77.4 cm³/mol. The molecule has 0 N–H and O–H groups in total. The normalized spacial score (nSPS) is 10.0. The quantitative estimate of drug-likeness (QED) is 0.681. The van der Waals surface area contributed by atoms with E-state index in [9.17, 15) is 10.1 Å². The Balaban J connectivity index is 2.51. The monoisotopic (exact) mass is 272 g/mol. The number of nitriles is 2. The molecule has 0 saturated heterocycles. The molecule has 0 saturated carbocycles. The van der Waals surface area contributed by atoms with Crippen molar-refractivity contribution in [2.45, 2.75) is 0 Å². The molecule has 0 radical (unpaired) electrons. The molecule has 0 atom stereocenters. The van der Waals surface area contributed by atoms with Gasteiger partial charge in [0.2, 0.25) is 11.2 Å². The summed E-state index contributed by atoms with van der Waals surface area (Å²) in [4.78, 5) is 12.7. The third kappa shape index (κ3) is 1.96. The molecule has 98 valence electrons. The molecule has 4 nitrogen and oxygen atoms in total. The molecule has 4 heteroatoms. The first kappa shape index (κ1) is 12.7. The molecule has 0 unspecified atom stereocenters. The first-order valence-corrected chi connectivity index (χ1v) is 6.21. The summed E-state index contributed by atoms with van der Waals surface area (Å²) >= 11 is 0. The second-order valence-corrected chi connectivity index (χ2v) is 4.40. The Morgan fingerprint density at radius 1 is 0.905 bits per heavy atom. The molecule has 2 aromatic carbocycles. The van der Waals surface area contributed by atoms with Crippen molar-refractivity contribution < 1.29 is 4.42 Å². The van der Waals surface area contributed by atoms with Gasteiger partial charge in [-0.2, -0.15) is 10.5 Å². The van der Waals surface area contributed by atoms with Crippen molar-refractivity contribution >= 4 is 11.0 Å². The van der Waals surface area contributed by atoms with Crippen molar-refractivity contribution in [1.29, 1.82) is 10.5 Å². The van der Waals surface area contributed by atoms with Crippen LogP contribution in [0.2, 0.25) is 0 Å². The van der Waals surface area contributed by atoms with E-state index in [1.54, 1.807) is 42.5 Å². The Morgan fingerprint density at radius 2 is 1.67 bits per heavy atom. The van der Waals surface area contributed by atoms with E-state index in [1.165, 1.54) is 0 Å². The Bertz CT molecular complexity index is 974. The highest BCUT2D eigenvalue weighted by Gasteiger charge is 2.17. The van der Waals surface area contributed by atoms with Gasteiger partial charge in [-0.25, -0.2) is 0 Å². The van der Waals surface area contributed by atoms with Gasteiger partial charge in [-0.3, -0.25) is 4.79 Å². The van der Waals surface area contributed by atoms with Gasteiger partial charge in [-0.1, -0.05) is 36.4 Å². The van der Waals surface area contributed by atoms with Crippen LogP contribution >= 0.6 is 0 Å². The zero-order chi connectivity index (χ0) is 14.8. The molecule has 3 rings (SSSR count). The third-order valence-electron chi connectivity index (χ3n) is 3.20. The summed E-state index contributed by atoms with van der Waals surface area (Å²) < 4.78 is 5.51. The standard InChI is InChI=1S/C17H8N2O2/c18-9-12-7-4-8-13-16(12)17(20)15(14(10-19)21-13)11-5-2-1-3-6-11/h1-8H. The minimum Gasteiger partial charge on any atom is -0.445 e. The SMILES string of the molecule is N#Cc1oc2cccc(C#N)c2c(=O)c1-c1ccccc1. The third-order valence-corrected chi connectivity index (χ3v) is 3.20. The summed E-state index contributed by atoms with van der Waals surface area (Å²) in [5, 5.41) is 18.6. The van der Waals surface area contributed by atoms with E-state index in [0.29, 0.717) is 5.56 Å². The lowest BCUT2D eigenvalue weighted by Crippen LogP contribution is -2.09. The Labute approximate surface area is 120 Å². The molecular formula is C17H8N2O2. The molecule has 0 aliphatic heterocycles. The van der Waals surface area contributed by atoms with Crippen molar-refractivity contribution in [2.24, 2.45) is 0 Å². The topological polar surface area (TPSA) is 77.8 Å². The van der Waals surface area contributed by atoms with Gasteiger partial charge in [0.05, 0.1) is 16.5 Å². The van der Waals surface area contributed by atoms with Crippen LogP contribution in [0.1, 0.15) is 11.3 Å². The fourth-order valence-corrected chi connectivity index (χ4v) is 2.28. The number of hydrogen-bond donors (Lipinski definition) is 0. The first-order valence-electron chi connectivity index (χ1n) is 6.21. The summed E-state index contributed by atoms with van der Waals surface area (Å²) in [6, 6.07) is 17.5. The van der Waals surface area contributed by atoms with Gasteiger partial charge in [-0.15, -0.1) is 0 Å². The molecule has 0 spiro atoms. The molecule has 1 heterocycles. The van der Waals surface area contributed by atoms with Crippen molar-refractivity contribution in [1.82, 2.24) is 0 Å². The van der Waals surface area contributed by atoms with Crippen molar-refractivity contribution in [3.63, 3.8) is 0 Å². The van der Waals surface area contributed by atoms with Crippen LogP contribution in [0, 0.1) is 22.7 Å². The fourth-order valence-electron chi connectivity index (χ4n) is 2.28. The summed E-state index contributed by atoms with van der Waals surface area (Å²) in [5.41, 5.74) is 0.903. The van der Waals surface area contributed by atoms with Crippen molar-refractivity contribution in [3.8, 4) is 23.3 Å². The molecule has 0 fully saturated rings. The van der Waals surface area contributed by atoms with Crippen molar-refractivity contribution in [2.75, 3.05) is 0 Å². The van der Waals surface area contributed by atoms with E-state index in [-0.39, 0.29) is 33.3 Å². The summed E-state index contributed by atoms with van der Waals surface area (Å²) in [5.74, 6) is -0.0474. The molecule has 21 heavy (non-hydrogen) atoms. The number of nitrogens with zero attached hydrogens (tertiary/aromatic N) is 2. The van der Waals surface area contributed by atoms with Gasteiger partial charge in [0.15, 0.2) is 0 Å². The Hall–Kier alpha value is -3.37. The van der Waals surface area contributed by atoms with Crippen molar-refractivity contribution in [3.05, 3.63) is 70.1 Å². The number of fused-ring (bicyclic) bond motifs is 1. The Morgan fingerprint density at radius 3 is 2.33 bits per heavy atom. The molecule has 1 aromatic heterocycles. The molecule has 3 aromatic rings. The predicted octanol–water partition coefficient (Wildman–Crippen LogP) is 3.20. The van der Waals surface area contributed by atoms with Gasteiger partial charge in [0.1, 0.15) is 17.7 Å². The lowest BCUT2D eigenvalue weighted by Gasteiger charge is -2.06. The zero-order valence-corrected chi connectivity index (χ0v) is 10.8. The second-order valence-electron chi connectivity index (χ2n) is 4.40. The highest BCUT2D eigenvalue weighted by atomic mass is 16.3. The molecule has 0 amide bonds. The van der Waals surface area contributed by atoms with E-state index in [4.69, 9.17) is 9.68 Å². The molecular weight excluding hydrogens is 264 g/mol. The lowest BCUT2D eigenvalue weighted by molar-refractivity contribution is 0.588. The second kappa shape index (κ2) is 4.96. The number of benzene rings is 2. The van der Waals surface area contributed by atoms with E-state index in [1.807, 2.05) is 18.2 Å². The smallest absolute Gasteiger partial charge is 0.215 e. The maximum absolute atomic E-state index is 12.7. The van der Waals surface area contributed by atoms with Gasteiger partial charge in [0.25, 0.3) is 0 Å². The minimum atomic E-state index is -0.365. The molecule has 0 aliphatic rings. The maximum atomic E-state index is 12.7. The maximum Gasteiger partial charge on any atom is 0.215 e. The van der Waals surface area contributed by atoms with E-state index in [0.717, 1.165) is 0 Å². The number of rotatable bonds is 1. The molecule has 0 bridgehead atoms. The number of hydrogen-bond acceptors (Lipinski definition) is 4. The van der Waals surface area contributed by atoms with Gasteiger partial charge in [0, 0.05) is 0 Å². The summed E-state index contributed by atoms with van der Waals surface area (Å²) in [6.07, 6.45) is 0. The van der Waals surface area contributed by atoms with Gasteiger partial charge in [-0.05, 0) is 17.7 Å². The lowest BCUT2D eigenvalue weighted by atomic mass is 10.0. The highest BCUT2D eigenvalue weighted by molar-refractivity contribution is 5.88. The van der Waals surface area contributed by atoms with Crippen LogP contribution in [0.5, 0.6) is 0 Å². The average Bonchev–Trinajstić information content (AvgIpc) is 2.54. The fraction of sp³-hybridized carbons (Fsp3) is 0. The van der Waals surface area contributed by atoms with E-state index >= 15 is 0 Å². The van der Waals surface area contributed by atoms with Crippen LogP contribution in [-0.4, -0.2) is 0 Å². The Kier molecular flexibility index (Phi) is 2.99. The van der Waals surface area contributed by atoms with Crippen LogP contribution in [0.3, 0.4) is 0 Å². The first-order chi connectivity index (χ1) is 10.3. The van der Waals surface area contributed by atoms with Crippen LogP contribution in [0.15, 0.2) is 57.7 Å². The highest BCUT2D eigenvalue weighted by Crippen LogP contribution is 2.25. The van der Waals surface area contributed by atoms with Crippen LogP contribution in [0.4, 0.5) is 0 Å². The van der Waals surface area contributed by atoms with Gasteiger partial charge >= 0.3 is 0 Å². The average molecular weight is 272 g/mol. The van der Waals surface area contributed by atoms with Crippen LogP contribution in [-0.2, 0) is 0 Å². The van der Waals surface area contributed by atoms with E-state index < -0.39 is 0 Å². The van der Waals surface area contributed by atoms with Gasteiger partial charge < -0.3 is 4.42 Å². The van der Waals surface area contributed by atoms with Crippen LogP contribution < -0.4 is 5.43 Å². The van der Waals surface area contributed by atoms with E-state index in [2.05, 4.69) is 0 Å². The zero-order valence-electron chi connectivity index (χ0n) is 10.8. The van der Waals surface area contributed by atoms with Crippen LogP contribution in [0.25, 0.3) is 22.1 Å². The largest absolute Gasteiger partial charge is 0.445 e. The summed E-state index contributed by atoms with van der Waals surface area (Å²) in [6.45, 7) is 0.